The van der Waals surface area contributed by atoms with Gasteiger partial charge in [-0.05, 0) is 50.1 Å². The van der Waals surface area contributed by atoms with Crippen LogP contribution in [0.25, 0.3) is 0 Å². The van der Waals surface area contributed by atoms with E-state index in [1.165, 1.54) is 38.8 Å². The molecule has 108 valence electrons. The molecular weight excluding hydrogens is 218 g/mol. The Morgan fingerprint density at radius 2 is 1.44 bits per heavy atom. The molecule has 0 aromatic carbocycles. The zero-order chi connectivity index (χ0) is 14.2. The molecule has 0 aromatic heterocycles. The van der Waals surface area contributed by atoms with Gasteiger partial charge < -0.3 is 4.90 Å². The van der Waals surface area contributed by atoms with Crippen LogP contribution < -0.4 is 0 Å². The van der Waals surface area contributed by atoms with Gasteiger partial charge in [-0.25, -0.2) is 0 Å². The molecule has 0 aliphatic rings. The summed E-state index contributed by atoms with van der Waals surface area (Å²) in [6.45, 7) is 16.2. The minimum absolute atomic E-state index is 0.418. The average Bonchev–Trinajstić information content (AvgIpc) is 2.11. The van der Waals surface area contributed by atoms with Gasteiger partial charge in [-0.2, -0.15) is 0 Å². The number of unbranched alkanes of at least 4 members (excludes halogenated alkanes) is 2. The molecule has 0 atom stereocenters. The van der Waals surface area contributed by atoms with Crippen molar-refractivity contribution >= 4 is 0 Å². The summed E-state index contributed by atoms with van der Waals surface area (Å²) in [5.41, 5.74) is 0.852. The molecule has 0 heterocycles. The van der Waals surface area contributed by atoms with E-state index in [1.807, 2.05) is 0 Å². The first-order valence-electron chi connectivity index (χ1n) is 7.44. The molecule has 0 unspecified atom stereocenters. The zero-order valence-electron chi connectivity index (χ0n) is 13.8. The fourth-order valence-corrected chi connectivity index (χ4v) is 2.09. The summed E-state index contributed by atoms with van der Waals surface area (Å²) in [5, 5.41) is 0. The van der Waals surface area contributed by atoms with Crippen molar-refractivity contribution in [2.75, 3.05) is 20.1 Å². The molecule has 18 heavy (non-hydrogen) atoms. The molecule has 1 heteroatoms. The third-order valence-corrected chi connectivity index (χ3v) is 2.80. The summed E-state index contributed by atoms with van der Waals surface area (Å²) in [6, 6.07) is 0. The first kappa shape index (κ1) is 17.7. The van der Waals surface area contributed by atoms with Crippen molar-refractivity contribution in [3.63, 3.8) is 0 Å². The van der Waals surface area contributed by atoms with Crippen LogP contribution in [0.1, 0.15) is 67.2 Å². The highest BCUT2D eigenvalue weighted by Crippen LogP contribution is 2.19. The second kappa shape index (κ2) is 7.99. The van der Waals surface area contributed by atoms with E-state index in [0.29, 0.717) is 10.8 Å². The molecule has 0 aliphatic heterocycles. The second-order valence-corrected chi connectivity index (χ2v) is 8.03. The van der Waals surface area contributed by atoms with Gasteiger partial charge in [-0.15, -0.1) is 0 Å². The number of rotatable bonds is 7. The summed E-state index contributed by atoms with van der Waals surface area (Å²) in [7, 11) is 2.24. The van der Waals surface area contributed by atoms with Crippen LogP contribution in [0.2, 0.25) is 0 Å². The van der Waals surface area contributed by atoms with Crippen molar-refractivity contribution in [3.05, 3.63) is 12.2 Å². The van der Waals surface area contributed by atoms with E-state index in [9.17, 15) is 0 Å². The SMILES string of the molecule is CN(CCCC/C=C/CC(C)(C)C)CC(C)(C)C. The van der Waals surface area contributed by atoms with Gasteiger partial charge in [0.2, 0.25) is 0 Å². The van der Waals surface area contributed by atoms with Crippen molar-refractivity contribution in [1.29, 1.82) is 0 Å². The van der Waals surface area contributed by atoms with E-state index in [2.05, 4.69) is 65.6 Å². The highest BCUT2D eigenvalue weighted by atomic mass is 15.1. The van der Waals surface area contributed by atoms with Crippen LogP contribution in [0.15, 0.2) is 12.2 Å². The molecule has 0 spiro atoms. The van der Waals surface area contributed by atoms with Gasteiger partial charge in [-0.1, -0.05) is 53.7 Å². The van der Waals surface area contributed by atoms with Crippen LogP contribution in [0, 0.1) is 10.8 Å². The minimum atomic E-state index is 0.418. The van der Waals surface area contributed by atoms with Crippen molar-refractivity contribution in [1.82, 2.24) is 4.90 Å². The number of nitrogens with zero attached hydrogens (tertiary/aromatic N) is 1. The minimum Gasteiger partial charge on any atom is -0.306 e. The summed E-state index contributed by atoms with van der Waals surface area (Å²) < 4.78 is 0. The van der Waals surface area contributed by atoms with E-state index in [0.717, 1.165) is 0 Å². The molecule has 0 saturated carbocycles. The lowest BCUT2D eigenvalue weighted by atomic mass is 9.92. The van der Waals surface area contributed by atoms with Crippen LogP contribution in [0.3, 0.4) is 0 Å². The summed E-state index contributed by atoms with van der Waals surface area (Å²) >= 11 is 0. The third kappa shape index (κ3) is 13.8. The maximum absolute atomic E-state index is 2.46. The van der Waals surface area contributed by atoms with Gasteiger partial charge in [0.15, 0.2) is 0 Å². The smallest absolute Gasteiger partial charge is 0.00270 e. The Morgan fingerprint density at radius 1 is 0.833 bits per heavy atom. The van der Waals surface area contributed by atoms with E-state index >= 15 is 0 Å². The number of allylic oxidation sites excluding steroid dienone is 2. The highest BCUT2D eigenvalue weighted by Gasteiger charge is 2.12. The molecule has 0 fully saturated rings. The Labute approximate surface area is 116 Å². The topological polar surface area (TPSA) is 3.24 Å². The van der Waals surface area contributed by atoms with Crippen LogP contribution >= 0.6 is 0 Å². The summed E-state index contributed by atoms with van der Waals surface area (Å²) in [4.78, 5) is 2.46. The van der Waals surface area contributed by atoms with Gasteiger partial charge in [-0.3, -0.25) is 0 Å². The molecule has 0 N–H and O–H groups in total. The largest absolute Gasteiger partial charge is 0.306 e. The first-order chi connectivity index (χ1) is 8.10. The molecule has 0 saturated heterocycles. The van der Waals surface area contributed by atoms with Crippen molar-refractivity contribution < 1.29 is 0 Å². The normalized spacial score (nSPS) is 13.8. The van der Waals surface area contributed by atoms with Crippen molar-refractivity contribution in [2.24, 2.45) is 10.8 Å². The average molecular weight is 253 g/mol. The van der Waals surface area contributed by atoms with Gasteiger partial charge in [0.1, 0.15) is 0 Å². The zero-order valence-corrected chi connectivity index (χ0v) is 13.8. The first-order valence-corrected chi connectivity index (χ1v) is 7.44. The van der Waals surface area contributed by atoms with Crippen LogP contribution in [0.4, 0.5) is 0 Å². The Hall–Kier alpha value is -0.300. The number of hydrogen-bond donors (Lipinski definition) is 0. The van der Waals surface area contributed by atoms with E-state index < -0.39 is 0 Å². The van der Waals surface area contributed by atoms with Gasteiger partial charge in [0.25, 0.3) is 0 Å². The lowest BCUT2D eigenvalue weighted by Crippen LogP contribution is -2.30. The van der Waals surface area contributed by atoms with Crippen LogP contribution in [-0.2, 0) is 0 Å². The fraction of sp³-hybridized carbons (Fsp3) is 0.882. The van der Waals surface area contributed by atoms with Gasteiger partial charge in [0.05, 0.1) is 0 Å². The van der Waals surface area contributed by atoms with E-state index in [-0.39, 0.29) is 0 Å². The lowest BCUT2D eigenvalue weighted by molar-refractivity contribution is 0.224. The summed E-state index contributed by atoms with van der Waals surface area (Å²) in [6.07, 6.45) is 9.76. The van der Waals surface area contributed by atoms with E-state index in [4.69, 9.17) is 0 Å². The van der Waals surface area contributed by atoms with Crippen molar-refractivity contribution in [2.45, 2.75) is 67.2 Å². The molecule has 1 nitrogen and oxygen atoms in total. The molecule has 0 aliphatic carbocycles. The highest BCUT2D eigenvalue weighted by molar-refractivity contribution is 4.85. The Morgan fingerprint density at radius 3 is 1.94 bits per heavy atom. The maximum atomic E-state index is 2.46. The van der Waals surface area contributed by atoms with E-state index in [1.54, 1.807) is 0 Å². The standard InChI is InChI=1S/C17H35N/c1-16(2,3)13-11-9-8-10-12-14-18(7)15-17(4,5)6/h9,11H,8,10,12-15H2,1-7H3/b11-9+. The van der Waals surface area contributed by atoms with Crippen molar-refractivity contribution in [3.8, 4) is 0 Å². The molecular formula is C17H35N. The molecule has 0 bridgehead atoms. The third-order valence-electron chi connectivity index (χ3n) is 2.80. The Kier molecular flexibility index (Phi) is 7.86. The maximum Gasteiger partial charge on any atom is 0.00270 e. The fourth-order valence-electron chi connectivity index (χ4n) is 2.09. The summed E-state index contributed by atoms with van der Waals surface area (Å²) in [5.74, 6) is 0. The number of hydrogen-bond acceptors (Lipinski definition) is 1. The predicted octanol–water partition coefficient (Wildman–Crippen LogP) is 5.13. The lowest BCUT2D eigenvalue weighted by Gasteiger charge is -2.26. The quantitative estimate of drug-likeness (QED) is 0.449. The van der Waals surface area contributed by atoms with Gasteiger partial charge in [0, 0.05) is 6.54 Å². The van der Waals surface area contributed by atoms with Crippen LogP contribution in [-0.4, -0.2) is 25.0 Å². The predicted molar refractivity (Wildman–Crippen MR) is 84.0 cm³/mol. The van der Waals surface area contributed by atoms with Gasteiger partial charge >= 0.3 is 0 Å². The molecule has 0 radical (unpaired) electrons. The molecule has 0 amide bonds. The Balaban J connectivity index is 3.51. The van der Waals surface area contributed by atoms with Crippen LogP contribution in [0.5, 0.6) is 0 Å². The molecule has 0 aromatic rings. The monoisotopic (exact) mass is 253 g/mol. The Bertz CT molecular complexity index is 227. The molecule has 0 rings (SSSR count). The second-order valence-electron chi connectivity index (χ2n) is 8.03.